The van der Waals surface area contributed by atoms with Gasteiger partial charge in [-0.05, 0) is 50.3 Å². The minimum absolute atomic E-state index is 0.00831. The Morgan fingerprint density at radius 3 is 2.50 bits per heavy atom. The molecule has 1 aromatic carbocycles. The maximum atomic E-state index is 12.4. The second kappa shape index (κ2) is 9.21. The summed E-state index contributed by atoms with van der Waals surface area (Å²) in [5.74, 6) is 0.406. The third kappa shape index (κ3) is 5.33. The van der Waals surface area contributed by atoms with Gasteiger partial charge in [0.05, 0.1) is 0 Å². The first-order valence-electron chi connectivity index (χ1n) is 8.82. The van der Waals surface area contributed by atoms with Crippen LogP contribution in [0.1, 0.15) is 45.4 Å². The Bertz CT molecular complexity index is 568. The number of carbonyl (C=O) groups excluding carboxylic acids is 2. The van der Waals surface area contributed by atoms with E-state index >= 15 is 0 Å². The average Bonchev–Trinajstić information content (AvgIpc) is 2.59. The van der Waals surface area contributed by atoms with Gasteiger partial charge in [-0.15, -0.1) is 0 Å². The van der Waals surface area contributed by atoms with Gasteiger partial charge >= 0.3 is 0 Å². The number of unbranched alkanes of at least 4 members (excludes halogenated alkanes) is 1. The van der Waals surface area contributed by atoms with Crippen LogP contribution < -0.4 is 5.32 Å². The lowest BCUT2D eigenvalue weighted by atomic mass is 9.81. The Morgan fingerprint density at radius 1 is 1.21 bits per heavy atom. The number of anilines is 1. The van der Waals surface area contributed by atoms with Crippen LogP contribution in [0.25, 0.3) is 0 Å². The number of halogens is 1. The summed E-state index contributed by atoms with van der Waals surface area (Å²) in [5, 5.41) is 2.98. The predicted octanol–water partition coefficient (Wildman–Crippen LogP) is 4.45. The molecule has 132 valence electrons. The number of benzene rings is 1. The van der Waals surface area contributed by atoms with E-state index in [1.54, 1.807) is 0 Å². The first-order chi connectivity index (χ1) is 11.5. The first-order valence-corrected chi connectivity index (χ1v) is 9.62. The molecule has 1 N–H and O–H groups in total. The van der Waals surface area contributed by atoms with Crippen molar-refractivity contribution in [1.82, 2.24) is 4.90 Å². The molecule has 1 saturated carbocycles. The zero-order valence-corrected chi connectivity index (χ0v) is 16.1. The maximum Gasteiger partial charge on any atom is 0.227 e. The van der Waals surface area contributed by atoms with Crippen LogP contribution in [0.5, 0.6) is 0 Å². The lowest BCUT2D eigenvalue weighted by molar-refractivity contribution is -0.136. The third-order valence-electron chi connectivity index (χ3n) is 4.76. The summed E-state index contributed by atoms with van der Waals surface area (Å²) in [6.07, 6.45) is 5.35. The number of hydrogen-bond donors (Lipinski definition) is 1. The molecule has 4 nitrogen and oxygen atoms in total. The highest BCUT2D eigenvalue weighted by Gasteiger charge is 2.31. The molecule has 24 heavy (non-hydrogen) atoms. The SMILES string of the molecule is CCCCN(C)C(=O)C1CCC(C(=O)Nc2cccc(Br)c2)CC1. The van der Waals surface area contributed by atoms with Gasteiger partial charge in [0.2, 0.25) is 11.8 Å². The normalized spacial score (nSPS) is 20.5. The Balaban J connectivity index is 1.81. The second-order valence-corrected chi connectivity index (χ2v) is 7.58. The van der Waals surface area contributed by atoms with Gasteiger partial charge in [0.15, 0.2) is 0 Å². The second-order valence-electron chi connectivity index (χ2n) is 6.66. The highest BCUT2D eigenvalue weighted by atomic mass is 79.9. The van der Waals surface area contributed by atoms with E-state index in [4.69, 9.17) is 0 Å². The lowest BCUT2D eigenvalue weighted by Gasteiger charge is -2.30. The fraction of sp³-hybridized carbons (Fsp3) is 0.579. The van der Waals surface area contributed by atoms with Crippen LogP contribution in [0.15, 0.2) is 28.7 Å². The van der Waals surface area contributed by atoms with E-state index in [0.29, 0.717) is 0 Å². The fourth-order valence-corrected chi connectivity index (χ4v) is 3.63. The van der Waals surface area contributed by atoms with Crippen molar-refractivity contribution in [3.8, 4) is 0 Å². The topological polar surface area (TPSA) is 49.4 Å². The molecule has 0 saturated heterocycles. The molecule has 1 aliphatic rings. The zero-order valence-electron chi connectivity index (χ0n) is 14.6. The number of amides is 2. The smallest absolute Gasteiger partial charge is 0.227 e. The van der Waals surface area contributed by atoms with Crippen LogP contribution in [0.2, 0.25) is 0 Å². The average molecular weight is 395 g/mol. The number of nitrogens with zero attached hydrogens (tertiary/aromatic N) is 1. The Labute approximate surface area is 153 Å². The van der Waals surface area contributed by atoms with Gasteiger partial charge in [-0.25, -0.2) is 0 Å². The molecule has 0 aromatic heterocycles. The molecular formula is C19H27BrN2O2. The molecule has 0 radical (unpaired) electrons. The number of rotatable bonds is 6. The van der Waals surface area contributed by atoms with Crippen LogP contribution in [-0.4, -0.2) is 30.3 Å². The molecule has 1 aromatic rings. The largest absolute Gasteiger partial charge is 0.346 e. The maximum absolute atomic E-state index is 12.4. The lowest BCUT2D eigenvalue weighted by Crippen LogP contribution is -2.37. The summed E-state index contributed by atoms with van der Waals surface area (Å²) in [6, 6.07) is 7.62. The van der Waals surface area contributed by atoms with Gasteiger partial charge in [-0.1, -0.05) is 35.3 Å². The van der Waals surface area contributed by atoms with Crippen molar-refractivity contribution >= 4 is 33.4 Å². The minimum atomic E-state index is 0.00831. The van der Waals surface area contributed by atoms with E-state index in [0.717, 1.165) is 55.2 Å². The molecule has 0 atom stereocenters. The molecule has 0 heterocycles. The summed E-state index contributed by atoms with van der Waals surface area (Å²) in [6.45, 7) is 2.96. The van der Waals surface area contributed by atoms with Crippen molar-refractivity contribution in [1.29, 1.82) is 0 Å². The van der Waals surface area contributed by atoms with Crippen LogP contribution in [0.3, 0.4) is 0 Å². The minimum Gasteiger partial charge on any atom is -0.346 e. The molecule has 0 unspecified atom stereocenters. The van der Waals surface area contributed by atoms with Gasteiger partial charge in [-0.3, -0.25) is 9.59 Å². The monoisotopic (exact) mass is 394 g/mol. The van der Waals surface area contributed by atoms with Gasteiger partial charge in [0.1, 0.15) is 0 Å². The van der Waals surface area contributed by atoms with E-state index in [-0.39, 0.29) is 23.7 Å². The first kappa shape index (κ1) is 19.0. The van der Waals surface area contributed by atoms with Crippen LogP contribution in [0.4, 0.5) is 5.69 Å². The van der Waals surface area contributed by atoms with Crippen molar-refractivity contribution in [2.45, 2.75) is 45.4 Å². The fourth-order valence-electron chi connectivity index (χ4n) is 3.23. The number of carbonyl (C=O) groups is 2. The van der Waals surface area contributed by atoms with Crippen molar-refractivity contribution in [2.75, 3.05) is 18.9 Å². The Kier molecular flexibility index (Phi) is 7.28. The molecule has 0 aliphatic heterocycles. The predicted molar refractivity (Wildman–Crippen MR) is 101 cm³/mol. The summed E-state index contributed by atoms with van der Waals surface area (Å²) in [4.78, 5) is 26.7. The number of nitrogens with one attached hydrogen (secondary N) is 1. The highest BCUT2D eigenvalue weighted by Crippen LogP contribution is 2.31. The van der Waals surface area contributed by atoms with E-state index in [1.807, 2.05) is 36.2 Å². The van der Waals surface area contributed by atoms with Crippen molar-refractivity contribution in [3.05, 3.63) is 28.7 Å². The summed E-state index contributed by atoms with van der Waals surface area (Å²) in [5.41, 5.74) is 0.812. The molecular weight excluding hydrogens is 368 g/mol. The number of hydrogen-bond acceptors (Lipinski definition) is 2. The molecule has 0 bridgehead atoms. The van der Waals surface area contributed by atoms with Crippen LogP contribution in [0, 0.1) is 11.8 Å². The summed E-state index contributed by atoms with van der Waals surface area (Å²) >= 11 is 3.41. The zero-order chi connectivity index (χ0) is 17.5. The molecule has 5 heteroatoms. The standard InChI is InChI=1S/C19H27BrN2O2/c1-3-4-12-22(2)19(24)15-10-8-14(9-11-15)18(23)21-17-7-5-6-16(20)13-17/h5-7,13-15H,3-4,8-12H2,1-2H3,(H,21,23). The van der Waals surface area contributed by atoms with E-state index in [2.05, 4.69) is 28.2 Å². The van der Waals surface area contributed by atoms with Gasteiger partial charge in [-0.2, -0.15) is 0 Å². The van der Waals surface area contributed by atoms with Crippen LogP contribution in [-0.2, 0) is 9.59 Å². The third-order valence-corrected chi connectivity index (χ3v) is 5.26. The summed E-state index contributed by atoms with van der Waals surface area (Å²) < 4.78 is 0.949. The Hall–Kier alpha value is -1.36. The highest BCUT2D eigenvalue weighted by molar-refractivity contribution is 9.10. The van der Waals surface area contributed by atoms with Crippen molar-refractivity contribution < 1.29 is 9.59 Å². The Morgan fingerprint density at radius 2 is 1.88 bits per heavy atom. The van der Waals surface area contributed by atoms with Crippen molar-refractivity contribution in [3.63, 3.8) is 0 Å². The quantitative estimate of drug-likeness (QED) is 0.774. The molecule has 0 spiro atoms. The molecule has 2 amide bonds. The molecule has 1 aliphatic carbocycles. The van der Waals surface area contributed by atoms with Gasteiger partial charge in [0.25, 0.3) is 0 Å². The van der Waals surface area contributed by atoms with Gasteiger partial charge in [0, 0.05) is 35.6 Å². The molecule has 2 rings (SSSR count). The van der Waals surface area contributed by atoms with Crippen LogP contribution >= 0.6 is 15.9 Å². The van der Waals surface area contributed by atoms with Gasteiger partial charge < -0.3 is 10.2 Å². The van der Waals surface area contributed by atoms with E-state index in [9.17, 15) is 9.59 Å². The molecule has 1 fully saturated rings. The van der Waals surface area contributed by atoms with Crippen molar-refractivity contribution in [2.24, 2.45) is 11.8 Å². The van der Waals surface area contributed by atoms with E-state index in [1.165, 1.54) is 0 Å². The summed E-state index contributed by atoms with van der Waals surface area (Å²) in [7, 11) is 1.89. The van der Waals surface area contributed by atoms with E-state index < -0.39 is 0 Å².